The highest BCUT2D eigenvalue weighted by Gasteiger charge is 2.54. The van der Waals surface area contributed by atoms with Gasteiger partial charge in [-0.15, -0.1) is 0 Å². The number of rotatable bonds is 1. The Balaban J connectivity index is 1.99. The van der Waals surface area contributed by atoms with Crippen molar-refractivity contribution in [3.63, 3.8) is 0 Å². The normalized spacial score (nSPS) is 24.9. The molecule has 1 spiro atoms. The van der Waals surface area contributed by atoms with Gasteiger partial charge in [0.05, 0.1) is 3.58 Å². The van der Waals surface area contributed by atoms with Crippen molar-refractivity contribution in [1.29, 1.82) is 0 Å². The summed E-state index contributed by atoms with van der Waals surface area (Å²) in [5, 5.41) is 4.07. The van der Waals surface area contributed by atoms with E-state index in [1.807, 2.05) is 46.9 Å². The van der Waals surface area contributed by atoms with Gasteiger partial charge < -0.3 is 5.32 Å². The van der Waals surface area contributed by atoms with E-state index < -0.39 is 5.41 Å². The molecule has 6 heteroatoms. The van der Waals surface area contributed by atoms with Crippen molar-refractivity contribution in [1.82, 2.24) is 0 Å². The van der Waals surface area contributed by atoms with Gasteiger partial charge in [0.15, 0.2) is 5.78 Å². The molecule has 2 aromatic rings. The lowest BCUT2D eigenvalue weighted by Gasteiger charge is -2.37. The number of carbonyl (C=O) groups excluding carboxylic acids is 2. The third kappa shape index (κ3) is 2.62. The Morgan fingerprint density at radius 2 is 1.84 bits per heavy atom. The lowest BCUT2D eigenvalue weighted by atomic mass is 9.64. The molecule has 1 N–H and O–H groups in total. The molecule has 0 bridgehead atoms. The zero-order chi connectivity index (χ0) is 17.8. The van der Waals surface area contributed by atoms with Crippen LogP contribution in [0, 0.1) is 0 Å². The Kier molecular flexibility index (Phi) is 4.17. The summed E-state index contributed by atoms with van der Waals surface area (Å²) in [6.07, 6.45) is 2.05. The van der Waals surface area contributed by atoms with Crippen molar-refractivity contribution in [2.24, 2.45) is 0 Å². The van der Waals surface area contributed by atoms with E-state index in [9.17, 15) is 9.59 Å². The first kappa shape index (κ1) is 17.1. The van der Waals surface area contributed by atoms with Gasteiger partial charge in [-0.2, -0.15) is 0 Å². The van der Waals surface area contributed by atoms with E-state index in [0.29, 0.717) is 19.3 Å². The Bertz CT molecular complexity index is 956. The molecule has 0 saturated heterocycles. The second-order valence-electron chi connectivity index (χ2n) is 6.24. The van der Waals surface area contributed by atoms with E-state index in [4.69, 9.17) is 23.2 Å². The number of benzene rings is 2. The van der Waals surface area contributed by atoms with E-state index in [-0.39, 0.29) is 24.0 Å². The molecule has 2 atom stereocenters. The molecule has 4 rings (SSSR count). The van der Waals surface area contributed by atoms with Gasteiger partial charge in [-0.25, -0.2) is 0 Å². The van der Waals surface area contributed by atoms with Gasteiger partial charge in [-0.3, -0.25) is 9.59 Å². The van der Waals surface area contributed by atoms with Crippen LogP contribution in [-0.4, -0.2) is 11.7 Å². The molecule has 3 nitrogen and oxygen atoms in total. The van der Waals surface area contributed by atoms with Crippen molar-refractivity contribution >= 4 is 63.2 Å². The SMILES string of the molecule is O=C1C[C@@H](c2cccc(Cl)c2)[C@]2(C=C1I)C(=O)Nc1cc(Cl)ccc12. The first-order chi connectivity index (χ1) is 11.9. The zero-order valence-corrected chi connectivity index (χ0v) is 16.5. The molecule has 0 fully saturated rings. The molecular weight excluding hydrogens is 472 g/mol. The van der Waals surface area contributed by atoms with Gasteiger partial charge in [-0.05, 0) is 64.1 Å². The van der Waals surface area contributed by atoms with E-state index >= 15 is 0 Å². The van der Waals surface area contributed by atoms with Gasteiger partial charge in [0.2, 0.25) is 5.91 Å². The van der Waals surface area contributed by atoms with E-state index in [1.54, 1.807) is 24.3 Å². The number of ketones is 1. The molecule has 0 aromatic heterocycles. The van der Waals surface area contributed by atoms with E-state index in [1.165, 1.54) is 0 Å². The minimum atomic E-state index is -0.935. The Morgan fingerprint density at radius 3 is 2.60 bits per heavy atom. The number of nitrogens with one attached hydrogen (secondary N) is 1. The molecule has 126 valence electrons. The van der Waals surface area contributed by atoms with Crippen molar-refractivity contribution in [2.45, 2.75) is 17.8 Å². The summed E-state index contributed by atoms with van der Waals surface area (Å²) in [4.78, 5) is 25.5. The highest BCUT2D eigenvalue weighted by molar-refractivity contribution is 14.1. The molecule has 1 amide bonds. The molecule has 1 aliphatic carbocycles. The highest BCUT2D eigenvalue weighted by Crippen LogP contribution is 2.53. The summed E-state index contributed by atoms with van der Waals surface area (Å²) in [6.45, 7) is 0. The van der Waals surface area contributed by atoms with Crippen molar-refractivity contribution in [2.75, 3.05) is 5.32 Å². The van der Waals surface area contributed by atoms with Crippen LogP contribution < -0.4 is 5.32 Å². The first-order valence-electron chi connectivity index (χ1n) is 7.70. The first-order valence-corrected chi connectivity index (χ1v) is 9.54. The standard InChI is InChI=1S/C19H12Cl2INO2/c20-11-3-1-2-10(6-11)14-8-17(24)15(22)9-19(14)13-5-4-12(21)7-16(13)23-18(19)25/h1-7,9,14H,8H2,(H,23,25)/t14-,19+/m0/s1. The Hall–Kier alpha value is -1.37. The number of halogens is 3. The van der Waals surface area contributed by atoms with E-state index in [0.717, 1.165) is 11.1 Å². The maximum Gasteiger partial charge on any atom is 0.239 e. The zero-order valence-electron chi connectivity index (χ0n) is 12.9. The van der Waals surface area contributed by atoms with Crippen LogP contribution in [0.4, 0.5) is 5.69 Å². The summed E-state index contributed by atoms with van der Waals surface area (Å²) in [7, 11) is 0. The average molecular weight is 484 g/mol. The largest absolute Gasteiger partial charge is 0.325 e. The fourth-order valence-corrected chi connectivity index (χ4v) is 4.83. The van der Waals surface area contributed by atoms with Crippen LogP contribution in [0.1, 0.15) is 23.5 Å². The highest BCUT2D eigenvalue weighted by atomic mass is 127. The fourth-order valence-electron chi connectivity index (χ4n) is 3.75. The van der Waals surface area contributed by atoms with Crippen LogP contribution in [0.25, 0.3) is 0 Å². The van der Waals surface area contributed by atoms with Crippen LogP contribution in [0.15, 0.2) is 52.1 Å². The number of hydrogen-bond donors (Lipinski definition) is 1. The summed E-state index contributed by atoms with van der Waals surface area (Å²) >= 11 is 14.3. The van der Waals surface area contributed by atoms with Crippen molar-refractivity contribution in [3.05, 3.63) is 73.3 Å². The van der Waals surface area contributed by atoms with Crippen molar-refractivity contribution < 1.29 is 9.59 Å². The van der Waals surface area contributed by atoms with Gasteiger partial charge >= 0.3 is 0 Å². The number of hydrogen-bond acceptors (Lipinski definition) is 2. The van der Waals surface area contributed by atoms with Crippen molar-refractivity contribution in [3.8, 4) is 0 Å². The topological polar surface area (TPSA) is 46.2 Å². The summed E-state index contributed by atoms with van der Waals surface area (Å²) in [5.74, 6) is -0.428. The molecule has 0 saturated carbocycles. The fraction of sp³-hybridized carbons (Fsp3) is 0.158. The number of allylic oxidation sites excluding steroid dienone is 1. The Morgan fingerprint density at radius 1 is 1.08 bits per heavy atom. The minimum absolute atomic E-state index is 0.0337. The third-order valence-corrected chi connectivity index (χ3v) is 6.25. The third-order valence-electron chi connectivity index (χ3n) is 4.86. The van der Waals surface area contributed by atoms with Crippen LogP contribution in [0.3, 0.4) is 0 Å². The van der Waals surface area contributed by atoms with Gasteiger partial charge in [-0.1, -0.05) is 41.4 Å². The minimum Gasteiger partial charge on any atom is -0.325 e. The predicted octanol–water partition coefficient (Wildman–Crippen LogP) is 5.26. The molecule has 0 unspecified atom stereocenters. The average Bonchev–Trinajstić information content (AvgIpc) is 2.82. The molecule has 1 aliphatic heterocycles. The van der Waals surface area contributed by atoms with Gasteiger partial charge in [0.1, 0.15) is 5.41 Å². The second kappa shape index (κ2) is 6.11. The summed E-state index contributed by atoms with van der Waals surface area (Å²) in [5.41, 5.74) is 1.47. The monoisotopic (exact) mass is 483 g/mol. The lowest BCUT2D eigenvalue weighted by Crippen LogP contribution is -2.42. The molecule has 2 aromatic carbocycles. The smallest absolute Gasteiger partial charge is 0.239 e. The van der Waals surface area contributed by atoms with Gasteiger partial charge in [0, 0.05) is 28.1 Å². The number of amides is 1. The molecular formula is C19H12Cl2INO2. The van der Waals surface area contributed by atoms with E-state index in [2.05, 4.69) is 5.32 Å². The quantitative estimate of drug-likeness (QED) is 0.562. The summed E-state index contributed by atoms with van der Waals surface area (Å²) in [6, 6.07) is 12.8. The van der Waals surface area contributed by atoms with Gasteiger partial charge in [0.25, 0.3) is 0 Å². The van der Waals surface area contributed by atoms with Crippen LogP contribution in [0.5, 0.6) is 0 Å². The number of carbonyl (C=O) groups is 2. The van der Waals surface area contributed by atoms with Crippen LogP contribution >= 0.6 is 45.8 Å². The maximum atomic E-state index is 13.1. The molecule has 0 radical (unpaired) electrons. The maximum absolute atomic E-state index is 13.1. The number of anilines is 1. The second-order valence-corrected chi connectivity index (χ2v) is 8.28. The number of fused-ring (bicyclic) bond motifs is 2. The molecule has 2 aliphatic rings. The van der Waals surface area contributed by atoms with Crippen LogP contribution in [0.2, 0.25) is 10.0 Å². The lowest BCUT2D eigenvalue weighted by molar-refractivity contribution is -0.121. The number of Topliss-reactive ketones (excluding diaryl/α,β-unsaturated/α-hetero) is 1. The summed E-state index contributed by atoms with van der Waals surface area (Å²) < 4.78 is 0.578. The predicted molar refractivity (Wildman–Crippen MR) is 108 cm³/mol. The molecule has 25 heavy (non-hydrogen) atoms. The van der Waals surface area contributed by atoms with Crippen LogP contribution in [-0.2, 0) is 15.0 Å². The molecule has 1 heterocycles. The Labute approximate surface area is 168 Å².